The number of carbonyl (C=O) groups is 1. The summed E-state index contributed by atoms with van der Waals surface area (Å²) in [5, 5.41) is 6.23. The number of carbonyl (C=O) groups excluding carboxylic acids is 1. The number of benzene rings is 1. The molecule has 0 spiro atoms. The van der Waals surface area contributed by atoms with Gasteiger partial charge in [-0.25, -0.2) is 14.2 Å². The van der Waals surface area contributed by atoms with Crippen LogP contribution in [0.1, 0.15) is 41.6 Å². The molecule has 1 aliphatic carbocycles. The van der Waals surface area contributed by atoms with Crippen LogP contribution in [0, 0.1) is 12.7 Å². The monoisotopic (exact) mass is 413 g/mol. The molecule has 1 aromatic carbocycles. The highest BCUT2D eigenvalue weighted by atomic mass is 19.1. The van der Waals surface area contributed by atoms with Crippen molar-refractivity contribution < 1.29 is 13.9 Å². The van der Waals surface area contributed by atoms with E-state index in [9.17, 15) is 9.18 Å². The highest BCUT2D eigenvalue weighted by molar-refractivity contribution is 5.90. The van der Waals surface area contributed by atoms with Crippen molar-refractivity contribution in [3.8, 4) is 0 Å². The van der Waals surface area contributed by atoms with Crippen LogP contribution < -0.4 is 15.5 Å². The molecule has 0 unspecified atom stereocenters. The van der Waals surface area contributed by atoms with Crippen molar-refractivity contribution in [3.05, 3.63) is 47.4 Å². The van der Waals surface area contributed by atoms with Crippen LogP contribution in [0.5, 0.6) is 0 Å². The first-order valence-corrected chi connectivity index (χ1v) is 10.0. The molecule has 160 valence electrons. The Labute approximate surface area is 176 Å². The van der Waals surface area contributed by atoms with E-state index in [0.29, 0.717) is 23.2 Å². The first kappa shape index (κ1) is 21.5. The van der Waals surface area contributed by atoms with Crippen molar-refractivity contribution in [1.82, 2.24) is 9.97 Å². The molecular formula is C22H28FN5O2. The van der Waals surface area contributed by atoms with Crippen LogP contribution in [0.3, 0.4) is 0 Å². The molecule has 0 saturated carbocycles. The highest BCUT2D eigenvalue weighted by Crippen LogP contribution is 2.30. The highest BCUT2D eigenvalue weighted by Gasteiger charge is 2.21. The summed E-state index contributed by atoms with van der Waals surface area (Å²) in [4.78, 5) is 22.9. The number of nitrogens with zero attached hydrogens (tertiary/aromatic N) is 3. The molecule has 30 heavy (non-hydrogen) atoms. The van der Waals surface area contributed by atoms with E-state index in [0.717, 1.165) is 37.2 Å². The zero-order chi connectivity index (χ0) is 21.7. The van der Waals surface area contributed by atoms with Gasteiger partial charge in [0.05, 0.1) is 24.6 Å². The van der Waals surface area contributed by atoms with Crippen LogP contribution in [0.2, 0.25) is 0 Å². The van der Waals surface area contributed by atoms with Gasteiger partial charge in [-0.3, -0.25) is 0 Å². The van der Waals surface area contributed by atoms with Gasteiger partial charge in [0.15, 0.2) is 5.82 Å². The Kier molecular flexibility index (Phi) is 6.87. The van der Waals surface area contributed by atoms with Crippen LogP contribution >= 0.6 is 0 Å². The summed E-state index contributed by atoms with van der Waals surface area (Å²) in [6, 6.07) is 3.09. The van der Waals surface area contributed by atoms with Gasteiger partial charge in [-0.15, -0.1) is 0 Å². The number of hydrogen-bond acceptors (Lipinski definition) is 7. The Bertz CT molecular complexity index is 937. The topological polar surface area (TPSA) is 79.4 Å². The summed E-state index contributed by atoms with van der Waals surface area (Å²) in [7, 11) is 5.10. The fourth-order valence-corrected chi connectivity index (χ4v) is 3.60. The van der Waals surface area contributed by atoms with Crippen molar-refractivity contribution in [2.75, 3.05) is 36.7 Å². The number of anilines is 4. The van der Waals surface area contributed by atoms with Crippen LogP contribution in [0.25, 0.3) is 0 Å². The Morgan fingerprint density at radius 3 is 2.57 bits per heavy atom. The molecule has 0 radical (unpaired) electrons. The van der Waals surface area contributed by atoms with E-state index in [-0.39, 0.29) is 5.56 Å². The number of methoxy groups -OCH3 is 1. The summed E-state index contributed by atoms with van der Waals surface area (Å²) in [5.41, 5.74) is 1.89. The molecule has 0 amide bonds. The zero-order valence-electron chi connectivity index (χ0n) is 17.8. The molecule has 2 aromatic rings. The van der Waals surface area contributed by atoms with Crippen LogP contribution in [-0.2, 0) is 4.74 Å². The van der Waals surface area contributed by atoms with E-state index in [2.05, 4.69) is 37.4 Å². The normalized spacial score (nSPS) is 14.2. The first-order chi connectivity index (χ1) is 14.4. The Balaban J connectivity index is 1.88. The summed E-state index contributed by atoms with van der Waals surface area (Å²) in [6.07, 6.45) is 10.4. The minimum Gasteiger partial charge on any atom is -0.465 e. The van der Waals surface area contributed by atoms with Gasteiger partial charge >= 0.3 is 5.97 Å². The molecule has 8 heteroatoms. The van der Waals surface area contributed by atoms with Gasteiger partial charge in [-0.2, -0.15) is 4.98 Å². The average molecular weight is 413 g/mol. The SMILES string of the molecule is CNc1cnc(Nc2cc(F)c(C(=O)OC)cc2C)nc1N(C)C1CCC=CCC1. The summed E-state index contributed by atoms with van der Waals surface area (Å²) >= 11 is 0. The fourth-order valence-electron chi connectivity index (χ4n) is 3.60. The van der Waals surface area contributed by atoms with Crippen LogP contribution in [-0.4, -0.2) is 43.2 Å². The van der Waals surface area contributed by atoms with Crippen molar-refractivity contribution >= 4 is 29.1 Å². The summed E-state index contributed by atoms with van der Waals surface area (Å²) in [6.45, 7) is 1.78. The molecular weight excluding hydrogens is 385 g/mol. The maximum absolute atomic E-state index is 14.4. The Hall–Kier alpha value is -3.16. The number of allylic oxidation sites excluding steroid dienone is 2. The second-order valence-corrected chi connectivity index (χ2v) is 7.34. The average Bonchev–Trinajstić information content (AvgIpc) is 3.04. The predicted octanol–water partition coefficient (Wildman–Crippen LogP) is 4.43. The number of esters is 1. The lowest BCUT2D eigenvalue weighted by molar-refractivity contribution is 0.0595. The largest absolute Gasteiger partial charge is 0.465 e. The second-order valence-electron chi connectivity index (χ2n) is 7.34. The van der Waals surface area contributed by atoms with E-state index in [1.807, 2.05) is 14.1 Å². The lowest BCUT2D eigenvalue weighted by Gasteiger charge is -2.30. The number of nitrogens with one attached hydrogen (secondary N) is 2. The quantitative estimate of drug-likeness (QED) is 0.536. The molecule has 0 bridgehead atoms. The number of hydrogen-bond donors (Lipinski definition) is 2. The molecule has 7 nitrogen and oxygen atoms in total. The second kappa shape index (κ2) is 9.56. The van der Waals surface area contributed by atoms with Crippen molar-refractivity contribution in [3.63, 3.8) is 0 Å². The molecule has 1 heterocycles. The zero-order valence-corrected chi connectivity index (χ0v) is 17.8. The summed E-state index contributed by atoms with van der Waals surface area (Å²) < 4.78 is 19.0. The Morgan fingerprint density at radius 1 is 1.23 bits per heavy atom. The lowest BCUT2D eigenvalue weighted by atomic mass is 10.1. The number of ether oxygens (including phenoxy) is 1. The molecule has 0 saturated heterocycles. The summed E-state index contributed by atoms with van der Waals surface area (Å²) in [5.74, 6) is -0.231. The van der Waals surface area contributed by atoms with Gasteiger partial charge in [0.1, 0.15) is 5.82 Å². The number of aromatic nitrogens is 2. The molecule has 0 aliphatic heterocycles. The van der Waals surface area contributed by atoms with E-state index in [1.165, 1.54) is 19.2 Å². The molecule has 0 fully saturated rings. The molecule has 0 atom stereocenters. The van der Waals surface area contributed by atoms with E-state index in [1.54, 1.807) is 13.1 Å². The minimum absolute atomic E-state index is 0.102. The molecule has 2 N–H and O–H groups in total. The predicted molar refractivity (Wildman–Crippen MR) is 117 cm³/mol. The van der Waals surface area contributed by atoms with Crippen LogP contribution in [0.4, 0.5) is 27.5 Å². The molecule has 3 rings (SSSR count). The van der Waals surface area contributed by atoms with Gasteiger partial charge < -0.3 is 20.3 Å². The first-order valence-electron chi connectivity index (χ1n) is 10.0. The minimum atomic E-state index is -0.710. The van der Waals surface area contributed by atoms with Gasteiger partial charge in [-0.1, -0.05) is 12.2 Å². The number of rotatable bonds is 6. The third kappa shape index (κ3) is 4.69. The van der Waals surface area contributed by atoms with Crippen molar-refractivity contribution in [1.29, 1.82) is 0 Å². The van der Waals surface area contributed by atoms with Gasteiger partial charge in [0, 0.05) is 25.8 Å². The van der Waals surface area contributed by atoms with Gasteiger partial charge in [0.2, 0.25) is 5.95 Å². The van der Waals surface area contributed by atoms with Crippen LogP contribution in [0.15, 0.2) is 30.5 Å². The van der Waals surface area contributed by atoms with Gasteiger partial charge in [-0.05, 0) is 50.3 Å². The third-order valence-electron chi connectivity index (χ3n) is 5.39. The standard InChI is InChI=1S/C22H28FN5O2/c1-14-11-16(21(29)30-4)17(23)12-18(14)26-22-25-13-19(24-2)20(27-22)28(3)15-9-7-5-6-8-10-15/h5-6,11-13,15,24H,7-10H2,1-4H3,(H,25,26,27). The molecule has 1 aliphatic rings. The molecule has 1 aromatic heterocycles. The number of aryl methyl sites for hydroxylation is 1. The van der Waals surface area contributed by atoms with Gasteiger partial charge in [0.25, 0.3) is 0 Å². The fraction of sp³-hybridized carbons (Fsp3) is 0.409. The van der Waals surface area contributed by atoms with E-state index in [4.69, 9.17) is 4.98 Å². The van der Waals surface area contributed by atoms with Crippen molar-refractivity contribution in [2.24, 2.45) is 0 Å². The van der Waals surface area contributed by atoms with E-state index < -0.39 is 11.8 Å². The van der Waals surface area contributed by atoms with E-state index >= 15 is 0 Å². The maximum atomic E-state index is 14.4. The third-order valence-corrected chi connectivity index (χ3v) is 5.39. The smallest absolute Gasteiger partial charge is 0.340 e. The lowest BCUT2D eigenvalue weighted by Crippen LogP contribution is -2.32. The number of halogens is 1. The van der Waals surface area contributed by atoms with Crippen molar-refractivity contribution in [2.45, 2.75) is 38.6 Å². The Morgan fingerprint density at radius 2 is 1.93 bits per heavy atom. The maximum Gasteiger partial charge on any atom is 0.340 e.